The zero-order valence-electron chi connectivity index (χ0n) is 13.1. The summed E-state index contributed by atoms with van der Waals surface area (Å²) in [5, 5.41) is 6.58. The van der Waals surface area contributed by atoms with Gasteiger partial charge in [-0.05, 0) is 18.3 Å². The first-order chi connectivity index (χ1) is 10.5. The normalized spacial score (nSPS) is 28.4. The molecule has 1 aliphatic heterocycles. The number of hydrogen-bond acceptors (Lipinski definition) is 5. The number of hydrogen-bond donors (Lipinski definition) is 2. The Morgan fingerprint density at radius 3 is 2.77 bits per heavy atom. The van der Waals surface area contributed by atoms with Crippen molar-refractivity contribution in [3.8, 4) is 0 Å². The van der Waals surface area contributed by atoms with Crippen LogP contribution in [0.15, 0.2) is 5.10 Å². The Hall–Kier alpha value is -1.92. The van der Waals surface area contributed by atoms with E-state index in [9.17, 15) is 14.4 Å². The number of rotatable bonds is 4. The number of carbonyl (C=O) groups excluding carboxylic acids is 3. The molecule has 0 aromatic heterocycles. The topological polar surface area (TPSA) is 96.9 Å². The van der Waals surface area contributed by atoms with Gasteiger partial charge in [-0.3, -0.25) is 9.59 Å². The molecule has 0 saturated heterocycles. The average Bonchev–Trinajstić information content (AvgIpc) is 2.50. The second kappa shape index (κ2) is 7.38. The molecule has 0 spiro atoms. The fraction of sp³-hybridized carbons (Fsp3) is 0.733. The van der Waals surface area contributed by atoms with E-state index in [1.807, 2.05) is 0 Å². The number of ether oxygens (including phenoxy) is 1. The second-order valence-corrected chi connectivity index (χ2v) is 6.11. The van der Waals surface area contributed by atoms with Crippen LogP contribution in [0.3, 0.4) is 0 Å². The van der Waals surface area contributed by atoms with Gasteiger partial charge in [0.15, 0.2) is 6.61 Å². The van der Waals surface area contributed by atoms with Crippen molar-refractivity contribution in [3.05, 3.63) is 0 Å². The van der Waals surface area contributed by atoms with Gasteiger partial charge in [-0.2, -0.15) is 5.10 Å². The summed E-state index contributed by atoms with van der Waals surface area (Å²) in [4.78, 5) is 34.6. The average molecular weight is 309 g/mol. The van der Waals surface area contributed by atoms with Crippen LogP contribution >= 0.6 is 0 Å². The number of nitrogens with zero attached hydrogens (tertiary/aromatic N) is 1. The van der Waals surface area contributed by atoms with E-state index < -0.39 is 5.97 Å². The van der Waals surface area contributed by atoms with Crippen LogP contribution in [-0.2, 0) is 19.1 Å². The fourth-order valence-corrected chi connectivity index (χ4v) is 2.87. The maximum absolute atomic E-state index is 11.9. The maximum Gasteiger partial charge on any atom is 0.355 e. The van der Waals surface area contributed by atoms with Gasteiger partial charge >= 0.3 is 5.97 Å². The Morgan fingerprint density at radius 2 is 2.09 bits per heavy atom. The summed E-state index contributed by atoms with van der Waals surface area (Å²) in [7, 11) is 0. The third kappa shape index (κ3) is 4.29. The van der Waals surface area contributed by atoms with Crippen molar-refractivity contribution in [3.63, 3.8) is 0 Å². The van der Waals surface area contributed by atoms with Crippen molar-refractivity contribution >= 4 is 23.5 Å². The highest BCUT2D eigenvalue weighted by molar-refractivity contribution is 6.37. The highest BCUT2D eigenvalue weighted by atomic mass is 16.5. The summed E-state index contributed by atoms with van der Waals surface area (Å²) in [5.41, 5.74) is 2.37. The van der Waals surface area contributed by atoms with Crippen LogP contribution in [0.5, 0.6) is 0 Å². The zero-order chi connectivity index (χ0) is 16.1. The van der Waals surface area contributed by atoms with Gasteiger partial charge in [-0.25, -0.2) is 10.2 Å². The number of esters is 1. The van der Waals surface area contributed by atoms with Crippen molar-refractivity contribution in [2.45, 2.75) is 52.0 Å². The molecule has 2 amide bonds. The SMILES string of the molecule is C[C@H]1[C@@H](NC(=O)COC(=O)C2=NNC(=O)CC2)CCC[C@@H]1C. The summed E-state index contributed by atoms with van der Waals surface area (Å²) in [5.74, 6) is -0.164. The molecule has 1 saturated carbocycles. The van der Waals surface area contributed by atoms with E-state index in [4.69, 9.17) is 4.74 Å². The molecule has 0 aromatic rings. The number of nitrogens with one attached hydrogen (secondary N) is 2. The monoisotopic (exact) mass is 309 g/mol. The lowest BCUT2D eigenvalue weighted by molar-refractivity contribution is -0.142. The lowest BCUT2D eigenvalue weighted by Crippen LogP contribution is -2.45. The van der Waals surface area contributed by atoms with Crippen LogP contribution in [0.1, 0.15) is 46.0 Å². The third-order valence-electron chi connectivity index (χ3n) is 4.53. The Kier molecular flexibility index (Phi) is 5.51. The lowest BCUT2D eigenvalue weighted by atomic mass is 9.78. The molecule has 3 atom stereocenters. The molecule has 122 valence electrons. The molecule has 2 aliphatic rings. The fourth-order valence-electron chi connectivity index (χ4n) is 2.87. The molecule has 0 unspecified atom stereocenters. The maximum atomic E-state index is 11.9. The predicted molar refractivity (Wildman–Crippen MR) is 79.9 cm³/mol. The van der Waals surface area contributed by atoms with Gasteiger partial charge in [0.05, 0.1) is 0 Å². The molecule has 0 bridgehead atoms. The van der Waals surface area contributed by atoms with Crippen molar-refractivity contribution in [2.24, 2.45) is 16.9 Å². The van der Waals surface area contributed by atoms with E-state index in [1.165, 1.54) is 6.42 Å². The van der Waals surface area contributed by atoms with Gasteiger partial charge < -0.3 is 10.1 Å². The molecule has 0 radical (unpaired) electrons. The summed E-state index contributed by atoms with van der Waals surface area (Å²) in [6, 6.07) is 0.140. The van der Waals surface area contributed by atoms with Gasteiger partial charge in [-0.1, -0.05) is 26.7 Å². The molecule has 22 heavy (non-hydrogen) atoms. The molecule has 1 aliphatic carbocycles. The highest BCUT2D eigenvalue weighted by Gasteiger charge is 2.28. The van der Waals surface area contributed by atoms with Gasteiger partial charge in [0.1, 0.15) is 5.71 Å². The molecule has 7 nitrogen and oxygen atoms in total. The zero-order valence-corrected chi connectivity index (χ0v) is 13.1. The minimum Gasteiger partial charge on any atom is -0.451 e. The van der Waals surface area contributed by atoms with Gasteiger partial charge in [-0.15, -0.1) is 0 Å². The van der Waals surface area contributed by atoms with Crippen LogP contribution in [0, 0.1) is 11.8 Å². The summed E-state index contributed by atoms with van der Waals surface area (Å²) in [6.45, 7) is 4.02. The van der Waals surface area contributed by atoms with E-state index in [-0.39, 0.29) is 43.0 Å². The van der Waals surface area contributed by atoms with Gasteiger partial charge in [0.25, 0.3) is 5.91 Å². The van der Waals surface area contributed by atoms with Crippen LogP contribution in [0.25, 0.3) is 0 Å². The van der Waals surface area contributed by atoms with Crippen LogP contribution in [-0.4, -0.2) is 36.1 Å². The van der Waals surface area contributed by atoms with Crippen molar-refractivity contribution < 1.29 is 19.1 Å². The quantitative estimate of drug-likeness (QED) is 0.748. The predicted octanol–water partition coefficient (Wildman–Crippen LogP) is 0.736. The first-order valence-electron chi connectivity index (χ1n) is 7.79. The van der Waals surface area contributed by atoms with E-state index in [2.05, 4.69) is 29.7 Å². The minimum atomic E-state index is -0.653. The van der Waals surface area contributed by atoms with Crippen LogP contribution < -0.4 is 10.7 Å². The third-order valence-corrected chi connectivity index (χ3v) is 4.53. The Labute approximate surface area is 129 Å². The molecule has 7 heteroatoms. The number of hydrazone groups is 1. The first-order valence-corrected chi connectivity index (χ1v) is 7.79. The van der Waals surface area contributed by atoms with E-state index in [0.717, 1.165) is 12.8 Å². The molecule has 1 fully saturated rings. The number of amides is 2. The molecular weight excluding hydrogens is 286 g/mol. The van der Waals surface area contributed by atoms with Gasteiger partial charge in [0, 0.05) is 18.9 Å². The Morgan fingerprint density at radius 1 is 1.32 bits per heavy atom. The summed E-state index contributed by atoms with van der Waals surface area (Å²) in [6.07, 6.45) is 3.70. The van der Waals surface area contributed by atoms with E-state index in [1.54, 1.807) is 0 Å². The molecule has 2 N–H and O–H groups in total. The minimum absolute atomic E-state index is 0.140. The van der Waals surface area contributed by atoms with Crippen LogP contribution in [0.2, 0.25) is 0 Å². The standard InChI is InChI=1S/C15H23N3O4/c1-9-4-3-5-11(10(9)2)16-14(20)8-22-15(21)12-6-7-13(19)18-17-12/h9-11H,3-8H2,1-2H3,(H,16,20)(H,18,19)/t9-,10+,11-/m0/s1. The van der Waals surface area contributed by atoms with Gasteiger partial charge in [0.2, 0.25) is 5.91 Å². The van der Waals surface area contributed by atoms with Crippen LogP contribution in [0.4, 0.5) is 0 Å². The highest BCUT2D eigenvalue weighted by Crippen LogP contribution is 2.29. The van der Waals surface area contributed by atoms with Crippen molar-refractivity contribution in [1.82, 2.24) is 10.7 Å². The smallest absolute Gasteiger partial charge is 0.355 e. The molecule has 2 rings (SSSR count). The van der Waals surface area contributed by atoms with Crippen molar-refractivity contribution in [1.29, 1.82) is 0 Å². The Balaban J connectivity index is 1.75. The van der Waals surface area contributed by atoms with E-state index >= 15 is 0 Å². The molecule has 1 heterocycles. The van der Waals surface area contributed by atoms with Crippen molar-refractivity contribution in [2.75, 3.05) is 6.61 Å². The molecule has 0 aromatic carbocycles. The summed E-state index contributed by atoms with van der Waals surface area (Å²) < 4.78 is 4.95. The molecular formula is C15H23N3O4. The first kappa shape index (κ1) is 16.5. The van der Waals surface area contributed by atoms with E-state index in [0.29, 0.717) is 11.8 Å². The second-order valence-electron chi connectivity index (χ2n) is 6.11. The number of carbonyl (C=O) groups is 3. The Bertz CT molecular complexity index is 489. The summed E-state index contributed by atoms with van der Waals surface area (Å²) >= 11 is 0. The lowest BCUT2D eigenvalue weighted by Gasteiger charge is -2.34. The largest absolute Gasteiger partial charge is 0.451 e.